The molecule has 1 amide bonds. The Kier molecular flexibility index (Phi) is 4.99. The summed E-state index contributed by atoms with van der Waals surface area (Å²) >= 11 is 0. The summed E-state index contributed by atoms with van der Waals surface area (Å²) in [5, 5.41) is 12.1. The van der Waals surface area contributed by atoms with Crippen molar-refractivity contribution in [2.45, 2.75) is 46.1 Å². The van der Waals surface area contributed by atoms with E-state index in [2.05, 4.69) is 5.32 Å². The van der Waals surface area contributed by atoms with Crippen LogP contribution < -0.4 is 5.32 Å². The van der Waals surface area contributed by atoms with Crippen molar-refractivity contribution in [3.63, 3.8) is 0 Å². The summed E-state index contributed by atoms with van der Waals surface area (Å²) in [6.45, 7) is 7.66. The van der Waals surface area contributed by atoms with Crippen molar-refractivity contribution in [1.82, 2.24) is 5.32 Å². The number of hydrogen-bond acceptors (Lipinski definition) is 2. The van der Waals surface area contributed by atoms with Gasteiger partial charge in [-0.3, -0.25) is 4.79 Å². The van der Waals surface area contributed by atoms with E-state index in [4.69, 9.17) is 0 Å². The van der Waals surface area contributed by atoms with Crippen LogP contribution in [0.2, 0.25) is 0 Å². The molecule has 0 rings (SSSR count). The van der Waals surface area contributed by atoms with Crippen LogP contribution in [0.5, 0.6) is 0 Å². The Morgan fingerprint density at radius 1 is 1.38 bits per heavy atom. The number of carbonyl (C=O) groups is 1. The van der Waals surface area contributed by atoms with Crippen molar-refractivity contribution in [3.05, 3.63) is 0 Å². The highest BCUT2D eigenvalue weighted by molar-refractivity contribution is 5.78. The summed E-state index contributed by atoms with van der Waals surface area (Å²) in [6, 6.07) is 0. The van der Waals surface area contributed by atoms with Gasteiger partial charge in [0.1, 0.15) is 0 Å². The van der Waals surface area contributed by atoms with Gasteiger partial charge in [-0.05, 0) is 12.8 Å². The summed E-state index contributed by atoms with van der Waals surface area (Å²) in [4.78, 5) is 11.4. The monoisotopic (exact) mass is 187 g/mol. The molecule has 0 aliphatic carbocycles. The first-order chi connectivity index (χ1) is 6.01. The van der Waals surface area contributed by atoms with E-state index in [-0.39, 0.29) is 18.4 Å². The molecule has 3 heteroatoms. The summed E-state index contributed by atoms with van der Waals surface area (Å²) in [5.41, 5.74) is -0.415. The summed E-state index contributed by atoms with van der Waals surface area (Å²) in [7, 11) is 0. The van der Waals surface area contributed by atoms with Gasteiger partial charge in [-0.2, -0.15) is 0 Å². The molecule has 13 heavy (non-hydrogen) atoms. The van der Waals surface area contributed by atoms with Gasteiger partial charge in [0.05, 0.1) is 12.1 Å². The van der Waals surface area contributed by atoms with E-state index in [1.807, 2.05) is 27.7 Å². The molecule has 0 bridgehead atoms. The van der Waals surface area contributed by atoms with Gasteiger partial charge in [0.25, 0.3) is 0 Å². The Morgan fingerprint density at radius 3 is 2.08 bits per heavy atom. The average Bonchev–Trinajstić information content (AvgIpc) is 2.14. The molecule has 0 aromatic carbocycles. The zero-order valence-electron chi connectivity index (χ0n) is 9.05. The fourth-order valence-corrected chi connectivity index (χ4v) is 1.10. The fourth-order valence-electron chi connectivity index (χ4n) is 1.10. The van der Waals surface area contributed by atoms with E-state index >= 15 is 0 Å². The maximum Gasteiger partial charge on any atom is 0.223 e. The third kappa shape index (κ3) is 3.35. The van der Waals surface area contributed by atoms with Crippen LogP contribution >= 0.6 is 0 Å². The van der Waals surface area contributed by atoms with Crippen LogP contribution in [0.4, 0.5) is 0 Å². The minimum atomic E-state index is -0.415. The Hall–Kier alpha value is -0.570. The molecule has 0 fully saturated rings. The van der Waals surface area contributed by atoms with Gasteiger partial charge in [0, 0.05) is 5.92 Å². The third-order valence-corrected chi connectivity index (χ3v) is 2.57. The lowest BCUT2D eigenvalue weighted by Gasteiger charge is -2.31. The minimum absolute atomic E-state index is 0.0118. The second kappa shape index (κ2) is 5.22. The lowest BCUT2D eigenvalue weighted by Crippen LogP contribution is -2.51. The largest absolute Gasteiger partial charge is 0.394 e. The molecular weight excluding hydrogens is 166 g/mol. The van der Waals surface area contributed by atoms with E-state index in [1.54, 1.807) is 0 Å². The van der Waals surface area contributed by atoms with Gasteiger partial charge >= 0.3 is 0 Å². The molecule has 0 aromatic rings. The number of amides is 1. The van der Waals surface area contributed by atoms with E-state index in [0.717, 1.165) is 12.8 Å². The number of aliphatic hydroxyl groups is 1. The summed E-state index contributed by atoms with van der Waals surface area (Å²) in [5.74, 6) is -0.0122. The SMILES string of the molecule is CCC(CC)(CO)NC(=O)C(C)C. The molecule has 0 saturated heterocycles. The Morgan fingerprint density at radius 2 is 1.85 bits per heavy atom. The second-order valence-corrected chi connectivity index (χ2v) is 3.79. The first-order valence-corrected chi connectivity index (χ1v) is 4.94. The quantitative estimate of drug-likeness (QED) is 0.681. The summed E-state index contributed by atoms with van der Waals surface area (Å²) in [6.07, 6.45) is 1.52. The molecule has 0 atom stereocenters. The lowest BCUT2D eigenvalue weighted by atomic mass is 9.93. The fraction of sp³-hybridized carbons (Fsp3) is 0.900. The van der Waals surface area contributed by atoms with Crippen LogP contribution in [-0.2, 0) is 4.79 Å². The smallest absolute Gasteiger partial charge is 0.223 e. The van der Waals surface area contributed by atoms with Crippen molar-refractivity contribution in [3.8, 4) is 0 Å². The highest BCUT2D eigenvalue weighted by Gasteiger charge is 2.27. The van der Waals surface area contributed by atoms with Crippen LogP contribution in [0.25, 0.3) is 0 Å². The van der Waals surface area contributed by atoms with E-state index in [9.17, 15) is 9.90 Å². The number of aliphatic hydroxyl groups excluding tert-OH is 1. The van der Waals surface area contributed by atoms with Gasteiger partial charge in [0.15, 0.2) is 0 Å². The molecule has 0 spiro atoms. The van der Waals surface area contributed by atoms with Crippen molar-refractivity contribution in [2.24, 2.45) is 5.92 Å². The molecule has 3 nitrogen and oxygen atoms in total. The van der Waals surface area contributed by atoms with Gasteiger partial charge < -0.3 is 10.4 Å². The molecule has 0 unspecified atom stereocenters. The molecule has 0 heterocycles. The predicted molar refractivity (Wildman–Crippen MR) is 53.4 cm³/mol. The Balaban J connectivity index is 4.33. The van der Waals surface area contributed by atoms with Crippen LogP contribution in [0.15, 0.2) is 0 Å². The van der Waals surface area contributed by atoms with Crippen molar-refractivity contribution in [1.29, 1.82) is 0 Å². The maximum atomic E-state index is 11.4. The number of carbonyl (C=O) groups excluding carboxylic acids is 1. The van der Waals surface area contributed by atoms with E-state index < -0.39 is 5.54 Å². The van der Waals surface area contributed by atoms with Crippen molar-refractivity contribution < 1.29 is 9.90 Å². The summed E-state index contributed by atoms with van der Waals surface area (Å²) < 4.78 is 0. The number of hydrogen-bond donors (Lipinski definition) is 2. The lowest BCUT2D eigenvalue weighted by molar-refractivity contribution is -0.126. The molecule has 0 radical (unpaired) electrons. The molecular formula is C10H21NO2. The Bertz CT molecular complexity index is 154. The molecule has 0 saturated carbocycles. The molecule has 0 aliphatic heterocycles. The zero-order chi connectivity index (χ0) is 10.5. The second-order valence-electron chi connectivity index (χ2n) is 3.79. The van der Waals surface area contributed by atoms with Gasteiger partial charge in [-0.25, -0.2) is 0 Å². The standard InChI is InChI=1S/C10H21NO2/c1-5-10(6-2,7-12)11-9(13)8(3)4/h8,12H,5-7H2,1-4H3,(H,11,13). The maximum absolute atomic E-state index is 11.4. The van der Waals surface area contributed by atoms with E-state index in [1.165, 1.54) is 0 Å². The first kappa shape index (κ1) is 12.4. The highest BCUT2D eigenvalue weighted by Crippen LogP contribution is 2.14. The zero-order valence-corrected chi connectivity index (χ0v) is 9.05. The van der Waals surface area contributed by atoms with Gasteiger partial charge in [0.2, 0.25) is 5.91 Å². The van der Waals surface area contributed by atoms with Crippen LogP contribution in [0.1, 0.15) is 40.5 Å². The first-order valence-electron chi connectivity index (χ1n) is 4.94. The molecule has 0 aliphatic rings. The highest BCUT2D eigenvalue weighted by atomic mass is 16.3. The Labute approximate surface area is 80.5 Å². The third-order valence-electron chi connectivity index (χ3n) is 2.57. The van der Waals surface area contributed by atoms with Crippen LogP contribution in [-0.4, -0.2) is 23.2 Å². The topological polar surface area (TPSA) is 49.3 Å². The van der Waals surface area contributed by atoms with Gasteiger partial charge in [-0.1, -0.05) is 27.7 Å². The molecule has 2 N–H and O–H groups in total. The van der Waals surface area contributed by atoms with Crippen LogP contribution in [0.3, 0.4) is 0 Å². The van der Waals surface area contributed by atoms with E-state index in [0.29, 0.717) is 0 Å². The average molecular weight is 187 g/mol. The van der Waals surface area contributed by atoms with Crippen LogP contribution in [0, 0.1) is 5.92 Å². The normalized spacial score (nSPS) is 11.8. The molecule has 78 valence electrons. The predicted octanol–water partition coefficient (Wildman–Crippen LogP) is 1.31. The van der Waals surface area contributed by atoms with Crippen molar-refractivity contribution >= 4 is 5.91 Å². The molecule has 0 aromatic heterocycles. The number of nitrogens with one attached hydrogen (secondary N) is 1. The van der Waals surface area contributed by atoms with Crippen molar-refractivity contribution in [2.75, 3.05) is 6.61 Å². The minimum Gasteiger partial charge on any atom is -0.394 e. The van der Waals surface area contributed by atoms with Gasteiger partial charge in [-0.15, -0.1) is 0 Å². The number of rotatable bonds is 5.